The summed E-state index contributed by atoms with van der Waals surface area (Å²) in [7, 11) is -3.34. The first-order chi connectivity index (χ1) is 11.4. The molecule has 2 N–H and O–H groups in total. The van der Waals surface area contributed by atoms with Crippen molar-refractivity contribution in [1.82, 2.24) is 14.6 Å². The number of carbonyl (C=O) groups is 1. The molecule has 3 rings (SSSR count). The maximum atomic E-state index is 12.0. The Hall–Kier alpha value is -1.86. The number of sulfonamides is 1. The third-order valence-corrected chi connectivity index (χ3v) is 5.61. The minimum absolute atomic E-state index is 0.0711. The van der Waals surface area contributed by atoms with Crippen molar-refractivity contribution in [1.29, 1.82) is 0 Å². The van der Waals surface area contributed by atoms with Crippen LogP contribution in [0.3, 0.4) is 0 Å². The number of benzene rings is 1. The third kappa shape index (κ3) is 4.36. The molecule has 0 radical (unpaired) electrons. The fraction of sp³-hybridized carbons (Fsp3) is 0.471. The number of aromatic amines is 1. The highest BCUT2D eigenvalue weighted by molar-refractivity contribution is 7.88. The number of carbonyl (C=O) groups excluding carboxylic acids is 1. The lowest BCUT2D eigenvalue weighted by atomic mass is 10.1. The van der Waals surface area contributed by atoms with Crippen LogP contribution in [-0.2, 0) is 21.2 Å². The van der Waals surface area contributed by atoms with Gasteiger partial charge in [0.2, 0.25) is 15.9 Å². The van der Waals surface area contributed by atoms with Crippen molar-refractivity contribution in [3.05, 3.63) is 36.0 Å². The minimum atomic E-state index is -3.34. The molecule has 1 aromatic heterocycles. The molecule has 130 valence electrons. The van der Waals surface area contributed by atoms with E-state index in [1.165, 1.54) is 10.6 Å². The molecule has 1 heterocycles. The fourth-order valence-electron chi connectivity index (χ4n) is 2.78. The molecule has 0 bridgehead atoms. The molecule has 1 amide bonds. The molecule has 7 heteroatoms. The summed E-state index contributed by atoms with van der Waals surface area (Å²) in [5.41, 5.74) is 2.13. The number of nitrogens with one attached hydrogen (secondary N) is 2. The van der Waals surface area contributed by atoms with Gasteiger partial charge < -0.3 is 10.3 Å². The number of aromatic nitrogens is 1. The van der Waals surface area contributed by atoms with Crippen molar-refractivity contribution >= 4 is 26.8 Å². The second kappa shape index (κ2) is 6.94. The molecular weight excluding hydrogens is 326 g/mol. The van der Waals surface area contributed by atoms with Gasteiger partial charge in [0.05, 0.1) is 6.26 Å². The lowest BCUT2D eigenvalue weighted by Crippen LogP contribution is -2.36. The molecule has 1 aromatic carbocycles. The normalized spacial score (nSPS) is 15.1. The number of rotatable bonds is 8. The lowest BCUT2D eigenvalue weighted by Gasteiger charge is -2.19. The van der Waals surface area contributed by atoms with E-state index in [1.807, 2.05) is 30.5 Å². The quantitative estimate of drug-likeness (QED) is 0.760. The number of H-pyrrole nitrogens is 1. The number of fused-ring (bicyclic) bond motifs is 1. The second-order valence-electron chi connectivity index (χ2n) is 6.36. The summed E-state index contributed by atoms with van der Waals surface area (Å²) in [6, 6.07) is 8.25. The first kappa shape index (κ1) is 17.0. The Morgan fingerprint density at radius 1 is 1.29 bits per heavy atom. The average molecular weight is 349 g/mol. The van der Waals surface area contributed by atoms with Gasteiger partial charge in [0.1, 0.15) is 0 Å². The summed E-state index contributed by atoms with van der Waals surface area (Å²) in [5.74, 6) is -0.0711. The maximum absolute atomic E-state index is 12.0. The largest absolute Gasteiger partial charge is 0.361 e. The zero-order valence-electron chi connectivity index (χ0n) is 13.8. The number of amides is 1. The molecule has 6 nitrogen and oxygen atoms in total. The van der Waals surface area contributed by atoms with Crippen molar-refractivity contribution in [3.8, 4) is 0 Å². The third-order valence-electron chi connectivity index (χ3n) is 4.31. The van der Waals surface area contributed by atoms with E-state index in [2.05, 4.69) is 10.3 Å². The Kier molecular flexibility index (Phi) is 4.91. The molecule has 1 aliphatic carbocycles. The van der Waals surface area contributed by atoms with Crippen molar-refractivity contribution in [2.45, 2.75) is 31.7 Å². The van der Waals surface area contributed by atoms with Crippen LogP contribution in [0.5, 0.6) is 0 Å². The number of hydrogen-bond donors (Lipinski definition) is 2. The molecular formula is C17H23N3O3S. The summed E-state index contributed by atoms with van der Waals surface area (Å²) in [5, 5.41) is 4.00. The van der Waals surface area contributed by atoms with E-state index >= 15 is 0 Å². The van der Waals surface area contributed by atoms with Crippen LogP contribution >= 0.6 is 0 Å². The van der Waals surface area contributed by atoms with Gasteiger partial charge in [-0.2, -0.15) is 0 Å². The van der Waals surface area contributed by atoms with Crippen LogP contribution in [0.2, 0.25) is 0 Å². The summed E-state index contributed by atoms with van der Waals surface area (Å²) in [6.07, 6.45) is 5.99. The molecule has 0 aliphatic heterocycles. The molecule has 24 heavy (non-hydrogen) atoms. The van der Waals surface area contributed by atoms with Gasteiger partial charge >= 0.3 is 0 Å². The van der Waals surface area contributed by atoms with E-state index in [-0.39, 0.29) is 18.9 Å². The first-order valence-electron chi connectivity index (χ1n) is 8.23. The van der Waals surface area contributed by atoms with Crippen LogP contribution in [0.1, 0.15) is 24.8 Å². The number of para-hydroxylation sites is 1. The Morgan fingerprint density at radius 3 is 2.75 bits per heavy atom. The van der Waals surface area contributed by atoms with Gasteiger partial charge in [-0.15, -0.1) is 0 Å². The van der Waals surface area contributed by atoms with E-state index in [9.17, 15) is 13.2 Å². The summed E-state index contributed by atoms with van der Waals surface area (Å²) in [4.78, 5) is 15.0. The van der Waals surface area contributed by atoms with E-state index in [0.29, 0.717) is 19.0 Å². The van der Waals surface area contributed by atoms with Crippen LogP contribution < -0.4 is 5.32 Å². The Morgan fingerprint density at radius 2 is 2.04 bits per heavy atom. The van der Waals surface area contributed by atoms with Gasteiger partial charge in [-0.3, -0.25) is 4.79 Å². The molecule has 1 aliphatic rings. The smallest absolute Gasteiger partial charge is 0.221 e. The molecule has 2 aromatic rings. The SMILES string of the molecule is CS(=O)(=O)N(CCC(=O)NC1CC1)CCc1c[nH]c2ccccc12. The Labute approximate surface area is 142 Å². The van der Waals surface area contributed by atoms with Crippen LogP contribution in [0.25, 0.3) is 10.9 Å². The molecule has 1 fully saturated rings. The van der Waals surface area contributed by atoms with Gasteiger partial charge in [0, 0.05) is 42.7 Å². The fourth-order valence-corrected chi connectivity index (χ4v) is 3.63. The van der Waals surface area contributed by atoms with Gasteiger partial charge in [-0.25, -0.2) is 12.7 Å². The van der Waals surface area contributed by atoms with Crippen molar-refractivity contribution < 1.29 is 13.2 Å². The van der Waals surface area contributed by atoms with E-state index in [4.69, 9.17) is 0 Å². The Bertz CT molecular complexity index is 824. The molecule has 0 atom stereocenters. The van der Waals surface area contributed by atoms with E-state index in [0.717, 1.165) is 29.3 Å². The van der Waals surface area contributed by atoms with Gasteiger partial charge in [-0.1, -0.05) is 18.2 Å². The summed E-state index contributed by atoms with van der Waals surface area (Å²) >= 11 is 0. The van der Waals surface area contributed by atoms with E-state index < -0.39 is 10.0 Å². The first-order valence-corrected chi connectivity index (χ1v) is 10.1. The molecule has 1 saturated carbocycles. The molecule has 0 unspecified atom stereocenters. The Balaban J connectivity index is 1.60. The summed E-state index contributed by atoms with van der Waals surface area (Å²) in [6.45, 7) is 0.594. The van der Waals surface area contributed by atoms with Gasteiger partial charge in [0.15, 0.2) is 0 Å². The van der Waals surface area contributed by atoms with Crippen LogP contribution in [0.15, 0.2) is 30.5 Å². The van der Waals surface area contributed by atoms with Gasteiger partial charge in [0.25, 0.3) is 0 Å². The van der Waals surface area contributed by atoms with Crippen molar-refractivity contribution in [2.24, 2.45) is 0 Å². The highest BCUT2D eigenvalue weighted by atomic mass is 32.2. The van der Waals surface area contributed by atoms with Crippen molar-refractivity contribution in [2.75, 3.05) is 19.3 Å². The number of hydrogen-bond acceptors (Lipinski definition) is 3. The van der Waals surface area contributed by atoms with Gasteiger partial charge in [-0.05, 0) is 30.9 Å². The molecule has 0 spiro atoms. The zero-order chi connectivity index (χ0) is 17.2. The highest BCUT2D eigenvalue weighted by Crippen LogP contribution is 2.20. The van der Waals surface area contributed by atoms with Crippen LogP contribution in [-0.4, -0.2) is 49.0 Å². The highest BCUT2D eigenvalue weighted by Gasteiger charge is 2.24. The number of nitrogens with zero attached hydrogens (tertiary/aromatic N) is 1. The standard InChI is InChI=1S/C17H23N3O3S/c1-24(22,23)20(11-9-17(21)19-14-6-7-14)10-8-13-12-18-16-5-3-2-4-15(13)16/h2-5,12,14,18H,6-11H2,1H3,(H,19,21). The predicted octanol–water partition coefficient (Wildman–Crippen LogP) is 1.64. The van der Waals surface area contributed by atoms with Crippen LogP contribution in [0, 0.1) is 0 Å². The summed E-state index contributed by atoms with van der Waals surface area (Å²) < 4.78 is 25.4. The molecule has 0 saturated heterocycles. The maximum Gasteiger partial charge on any atom is 0.221 e. The second-order valence-corrected chi connectivity index (χ2v) is 8.35. The topological polar surface area (TPSA) is 82.3 Å². The monoisotopic (exact) mass is 349 g/mol. The zero-order valence-corrected chi connectivity index (χ0v) is 14.6. The lowest BCUT2D eigenvalue weighted by molar-refractivity contribution is -0.121. The average Bonchev–Trinajstić information content (AvgIpc) is 3.24. The predicted molar refractivity (Wildman–Crippen MR) is 94.2 cm³/mol. The van der Waals surface area contributed by atoms with E-state index in [1.54, 1.807) is 0 Å². The van der Waals surface area contributed by atoms with Crippen LogP contribution in [0.4, 0.5) is 0 Å². The minimum Gasteiger partial charge on any atom is -0.361 e. The van der Waals surface area contributed by atoms with Crippen molar-refractivity contribution in [3.63, 3.8) is 0 Å².